The van der Waals surface area contributed by atoms with E-state index in [1.807, 2.05) is 60.7 Å². The van der Waals surface area contributed by atoms with Crippen molar-refractivity contribution in [3.63, 3.8) is 0 Å². The molecule has 0 aromatic heterocycles. The van der Waals surface area contributed by atoms with Crippen molar-refractivity contribution in [1.82, 2.24) is 14.1 Å². The fourth-order valence-electron chi connectivity index (χ4n) is 5.97. The smallest absolute Gasteiger partial charge is 0.250 e. The van der Waals surface area contributed by atoms with Gasteiger partial charge in [0.2, 0.25) is 21.8 Å². The van der Waals surface area contributed by atoms with Gasteiger partial charge in [-0.05, 0) is 47.9 Å². The van der Waals surface area contributed by atoms with Crippen molar-refractivity contribution in [1.29, 1.82) is 0 Å². The highest BCUT2D eigenvalue weighted by molar-refractivity contribution is 7.89. The molecular weight excluding hydrogens is 516 g/mol. The van der Waals surface area contributed by atoms with E-state index in [4.69, 9.17) is 4.74 Å². The molecule has 0 bridgehead atoms. The second kappa shape index (κ2) is 10.3. The van der Waals surface area contributed by atoms with E-state index in [2.05, 4.69) is 4.90 Å². The minimum Gasteiger partial charge on any atom is -0.378 e. The van der Waals surface area contributed by atoms with E-state index in [1.54, 1.807) is 21.9 Å². The van der Waals surface area contributed by atoms with Gasteiger partial charge in [-0.15, -0.1) is 0 Å². The number of morpholine rings is 1. The number of carbonyl (C=O) groups excluding carboxylic acids is 2. The summed E-state index contributed by atoms with van der Waals surface area (Å²) in [7, 11) is -3.73. The van der Waals surface area contributed by atoms with Gasteiger partial charge < -0.3 is 19.4 Å². The van der Waals surface area contributed by atoms with E-state index in [0.29, 0.717) is 39.1 Å². The largest absolute Gasteiger partial charge is 0.378 e. The first-order chi connectivity index (χ1) is 18.9. The maximum absolute atomic E-state index is 14.0. The molecule has 0 radical (unpaired) electrons. The summed E-state index contributed by atoms with van der Waals surface area (Å²) in [5.41, 5.74) is -0.0137. The number of hydrogen-bond acceptors (Lipinski definition) is 6. The third kappa shape index (κ3) is 4.66. The monoisotopic (exact) mass is 548 g/mol. The third-order valence-electron chi connectivity index (χ3n) is 8.18. The maximum Gasteiger partial charge on any atom is 0.250 e. The molecule has 0 saturated carbocycles. The molecule has 204 valence electrons. The van der Waals surface area contributed by atoms with Gasteiger partial charge in [0.1, 0.15) is 12.1 Å². The summed E-state index contributed by atoms with van der Waals surface area (Å²) < 4.78 is 34.1. The van der Waals surface area contributed by atoms with Crippen LogP contribution in [0.1, 0.15) is 12.8 Å². The zero-order valence-corrected chi connectivity index (χ0v) is 22.6. The molecule has 9 nitrogen and oxygen atoms in total. The number of piperidine rings is 1. The molecule has 3 aliphatic heterocycles. The number of benzene rings is 3. The third-order valence-corrected chi connectivity index (χ3v) is 10.1. The Balaban J connectivity index is 1.24. The molecule has 3 aromatic rings. The quantitative estimate of drug-likeness (QED) is 0.487. The van der Waals surface area contributed by atoms with Crippen molar-refractivity contribution >= 4 is 38.3 Å². The van der Waals surface area contributed by atoms with Crippen molar-refractivity contribution in [2.24, 2.45) is 0 Å². The van der Waals surface area contributed by atoms with Crippen LogP contribution in [-0.4, -0.2) is 92.5 Å². The maximum atomic E-state index is 14.0. The van der Waals surface area contributed by atoms with Gasteiger partial charge in [-0.25, -0.2) is 8.42 Å². The summed E-state index contributed by atoms with van der Waals surface area (Å²) >= 11 is 0. The van der Waals surface area contributed by atoms with E-state index < -0.39 is 15.6 Å². The number of fused-ring (bicyclic) bond motifs is 1. The number of amides is 2. The van der Waals surface area contributed by atoms with Gasteiger partial charge in [0, 0.05) is 31.9 Å². The number of para-hydroxylation sites is 1. The molecule has 10 heteroatoms. The number of nitrogens with zero attached hydrogens (tertiary/aromatic N) is 4. The van der Waals surface area contributed by atoms with Crippen molar-refractivity contribution in [2.45, 2.75) is 23.3 Å². The van der Waals surface area contributed by atoms with Crippen LogP contribution in [0.25, 0.3) is 10.8 Å². The number of rotatable bonds is 5. The molecule has 1 spiro atoms. The first kappa shape index (κ1) is 25.8. The van der Waals surface area contributed by atoms with Gasteiger partial charge in [-0.3, -0.25) is 9.59 Å². The molecule has 0 aliphatic carbocycles. The molecule has 3 aromatic carbocycles. The zero-order chi connectivity index (χ0) is 27.0. The van der Waals surface area contributed by atoms with Gasteiger partial charge in [-0.2, -0.15) is 4.31 Å². The first-order valence-electron chi connectivity index (χ1n) is 13.4. The van der Waals surface area contributed by atoms with E-state index >= 15 is 0 Å². The highest BCUT2D eigenvalue weighted by Crippen LogP contribution is 2.40. The van der Waals surface area contributed by atoms with Crippen molar-refractivity contribution in [2.75, 3.05) is 57.5 Å². The van der Waals surface area contributed by atoms with Crippen molar-refractivity contribution in [3.8, 4) is 0 Å². The Hall–Kier alpha value is -3.47. The molecule has 0 atom stereocenters. The number of anilines is 1. The average molecular weight is 549 g/mol. The predicted octanol–water partition coefficient (Wildman–Crippen LogP) is 2.53. The van der Waals surface area contributed by atoms with Gasteiger partial charge in [0.25, 0.3) is 0 Å². The SMILES string of the molecule is O=C(CN1CN(c2ccccc2)C2(CCN(S(=O)(=O)c3ccc4ccccc4c3)CC2)C1=O)N1CCOCC1. The predicted molar refractivity (Wildman–Crippen MR) is 148 cm³/mol. The van der Waals surface area contributed by atoms with Gasteiger partial charge >= 0.3 is 0 Å². The normalized spacial score (nSPS) is 20.2. The minimum atomic E-state index is -3.73. The van der Waals surface area contributed by atoms with Gasteiger partial charge in [-0.1, -0.05) is 48.5 Å². The Bertz CT molecular complexity index is 1480. The summed E-state index contributed by atoms with van der Waals surface area (Å²) in [6.45, 7) is 2.78. The lowest BCUT2D eigenvalue weighted by atomic mass is 9.86. The Labute approximate surface area is 228 Å². The topological polar surface area (TPSA) is 90.5 Å². The van der Waals surface area contributed by atoms with Crippen LogP contribution in [-0.2, 0) is 24.3 Å². The number of ether oxygens (including phenoxy) is 1. The summed E-state index contributed by atoms with van der Waals surface area (Å²) in [6.07, 6.45) is 0.686. The first-order valence-corrected chi connectivity index (χ1v) is 14.8. The van der Waals surface area contributed by atoms with E-state index in [9.17, 15) is 18.0 Å². The Morgan fingerprint density at radius 3 is 2.23 bits per heavy atom. The Morgan fingerprint density at radius 1 is 0.846 bits per heavy atom. The zero-order valence-electron chi connectivity index (χ0n) is 21.7. The van der Waals surface area contributed by atoms with Gasteiger partial charge in [0.05, 0.1) is 24.8 Å². The lowest BCUT2D eigenvalue weighted by Gasteiger charge is -2.42. The molecule has 39 heavy (non-hydrogen) atoms. The molecule has 3 saturated heterocycles. The minimum absolute atomic E-state index is 0.00300. The van der Waals surface area contributed by atoms with Crippen LogP contribution >= 0.6 is 0 Å². The Morgan fingerprint density at radius 2 is 1.51 bits per heavy atom. The molecule has 0 N–H and O–H groups in total. The summed E-state index contributed by atoms with van der Waals surface area (Å²) in [6, 6.07) is 22.6. The molecule has 6 rings (SSSR count). The molecule has 3 fully saturated rings. The lowest BCUT2D eigenvalue weighted by molar-refractivity contribution is -0.143. The Kier molecular flexibility index (Phi) is 6.78. The fourth-order valence-corrected chi connectivity index (χ4v) is 7.45. The summed E-state index contributed by atoms with van der Waals surface area (Å²) in [4.78, 5) is 32.7. The molecule has 3 aliphatic rings. The fraction of sp³-hybridized carbons (Fsp3) is 0.379. The number of hydrogen-bond donors (Lipinski definition) is 0. The van der Waals surface area contributed by atoms with Crippen LogP contribution in [0, 0.1) is 0 Å². The van der Waals surface area contributed by atoms with Crippen LogP contribution in [0.5, 0.6) is 0 Å². The lowest BCUT2D eigenvalue weighted by Crippen LogP contribution is -2.57. The van der Waals surface area contributed by atoms with Crippen LogP contribution in [0.4, 0.5) is 5.69 Å². The molecular formula is C29H32N4O5S. The van der Waals surface area contributed by atoms with E-state index in [1.165, 1.54) is 4.31 Å². The van der Waals surface area contributed by atoms with Crippen LogP contribution in [0.15, 0.2) is 77.7 Å². The standard InChI is InChI=1S/C29H32N4O5S/c34-27(30-16-18-38-19-17-30)21-31-22-33(25-8-2-1-3-9-25)29(28(31)35)12-14-32(15-13-29)39(36,37)26-11-10-23-6-4-5-7-24(23)20-26/h1-11,20H,12-19,21-22H2. The molecule has 0 unspecified atom stereocenters. The highest BCUT2D eigenvalue weighted by Gasteiger charge is 2.55. The second-order valence-corrected chi connectivity index (χ2v) is 12.3. The van der Waals surface area contributed by atoms with Crippen molar-refractivity contribution in [3.05, 3.63) is 72.8 Å². The van der Waals surface area contributed by atoms with Crippen molar-refractivity contribution < 1.29 is 22.7 Å². The second-order valence-electron chi connectivity index (χ2n) is 10.3. The van der Waals surface area contributed by atoms with Crippen LogP contribution in [0.3, 0.4) is 0 Å². The number of carbonyl (C=O) groups is 2. The van der Waals surface area contributed by atoms with Gasteiger partial charge in [0.15, 0.2) is 0 Å². The summed E-state index contributed by atoms with van der Waals surface area (Å²) in [5, 5.41) is 1.85. The molecule has 2 amide bonds. The highest BCUT2D eigenvalue weighted by atomic mass is 32.2. The van der Waals surface area contributed by atoms with E-state index in [0.717, 1.165) is 16.5 Å². The van der Waals surface area contributed by atoms with Crippen LogP contribution in [0.2, 0.25) is 0 Å². The molecule has 3 heterocycles. The van der Waals surface area contributed by atoms with E-state index in [-0.39, 0.29) is 43.0 Å². The number of sulfonamides is 1. The van der Waals surface area contributed by atoms with Crippen LogP contribution < -0.4 is 4.90 Å². The summed E-state index contributed by atoms with van der Waals surface area (Å²) in [5.74, 6) is -0.205. The average Bonchev–Trinajstić information content (AvgIpc) is 3.24.